The summed E-state index contributed by atoms with van der Waals surface area (Å²) < 4.78 is 14.7. The average molecular weight is 321 g/mol. The first-order valence-corrected chi connectivity index (χ1v) is 7.68. The normalized spacial score (nSPS) is 12.0. The van der Waals surface area contributed by atoms with E-state index in [0.717, 1.165) is 16.6 Å². The van der Waals surface area contributed by atoms with Gasteiger partial charge in [0.1, 0.15) is 11.6 Å². The molecule has 1 aromatic heterocycles. The third-order valence-electron chi connectivity index (χ3n) is 4.10. The Morgan fingerprint density at radius 1 is 1.25 bits per heavy atom. The van der Waals surface area contributed by atoms with Gasteiger partial charge in [0, 0.05) is 13.5 Å². The van der Waals surface area contributed by atoms with Crippen molar-refractivity contribution in [1.29, 1.82) is 5.26 Å². The number of ketones is 1. The Morgan fingerprint density at radius 2 is 1.96 bits per heavy atom. The molecule has 0 radical (unpaired) electrons. The average Bonchev–Trinajstić information content (AvgIpc) is 2.92. The fourth-order valence-corrected chi connectivity index (χ4v) is 2.76. The molecular weight excluding hydrogens is 305 g/mol. The molecule has 0 aliphatic carbocycles. The Morgan fingerprint density at radius 3 is 2.62 bits per heavy atom. The van der Waals surface area contributed by atoms with E-state index in [0.29, 0.717) is 12.2 Å². The van der Waals surface area contributed by atoms with Crippen LogP contribution < -0.4 is 0 Å². The maximum absolute atomic E-state index is 12.9. The summed E-state index contributed by atoms with van der Waals surface area (Å²) in [6.07, 6.45) is 0.689. The van der Waals surface area contributed by atoms with E-state index in [4.69, 9.17) is 0 Å². The zero-order valence-corrected chi connectivity index (χ0v) is 13.2. The van der Waals surface area contributed by atoms with E-state index in [9.17, 15) is 14.4 Å². The van der Waals surface area contributed by atoms with Gasteiger partial charge in [-0.25, -0.2) is 9.37 Å². The molecule has 120 valence electrons. The third-order valence-corrected chi connectivity index (χ3v) is 4.10. The van der Waals surface area contributed by atoms with Gasteiger partial charge in [-0.15, -0.1) is 0 Å². The number of carbonyl (C=O) groups excluding carboxylic acids is 1. The lowest BCUT2D eigenvalue weighted by Crippen LogP contribution is -2.16. The number of imidazole rings is 1. The Bertz CT molecular complexity index is 922. The summed E-state index contributed by atoms with van der Waals surface area (Å²) >= 11 is 0. The first kappa shape index (κ1) is 15.9. The summed E-state index contributed by atoms with van der Waals surface area (Å²) in [5, 5.41) is 9.46. The van der Waals surface area contributed by atoms with Crippen LogP contribution in [0.2, 0.25) is 0 Å². The van der Waals surface area contributed by atoms with Crippen molar-refractivity contribution in [1.82, 2.24) is 9.55 Å². The van der Waals surface area contributed by atoms with E-state index in [1.165, 1.54) is 12.1 Å². The van der Waals surface area contributed by atoms with Crippen LogP contribution in [0.15, 0.2) is 48.5 Å². The molecule has 3 rings (SSSR count). The Hall–Kier alpha value is -3.00. The molecule has 0 fully saturated rings. The molecule has 0 saturated heterocycles. The van der Waals surface area contributed by atoms with E-state index in [-0.39, 0.29) is 18.0 Å². The van der Waals surface area contributed by atoms with Gasteiger partial charge in [-0.05, 0) is 36.2 Å². The topological polar surface area (TPSA) is 58.7 Å². The molecule has 3 aromatic rings. The van der Waals surface area contributed by atoms with Crippen molar-refractivity contribution in [3.05, 3.63) is 65.7 Å². The summed E-state index contributed by atoms with van der Waals surface area (Å²) in [4.78, 5) is 16.9. The number of Topliss-reactive ketones (excluding diaryl/α,β-unsaturated/α-hetero) is 1. The minimum absolute atomic E-state index is 0.180. The molecule has 0 bridgehead atoms. The number of nitrogens with zero attached hydrogens (tertiary/aromatic N) is 3. The molecule has 4 nitrogen and oxygen atoms in total. The molecule has 1 unspecified atom stereocenters. The van der Waals surface area contributed by atoms with E-state index in [2.05, 4.69) is 11.1 Å². The van der Waals surface area contributed by atoms with E-state index >= 15 is 0 Å². The zero-order valence-electron chi connectivity index (χ0n) is 13.2. The highest BCUT2D eigenvalue weighted by Gasteiger charge is 2.25. The van der Waals surface area contributed by atoms with Gasteiger partial charge in [-0.3, -0.25) is 4.79 Å². The van der Waals surface area contributed by atoms with E-state index < -0.39 is 5.92 Å². The van der Waals surface area contributed by atoms with Crippen LogP contribution in [0, 0.1) is 17.1 Å². The minimum atomic E-state index is -0.900. The highest BCUT2D eigenvalue weighted by Crippen LogP contribution is 2.22. The molecule has 5 heteroatoms. The Kier molecular flexibility index (Phi) is 4.39. The molecule has 24 heavy (non-hydrogen) atoms. The van der Waals surface area contributed by atoms with Gasteiger partial charge in [0.15, 0.2) is 11.7 Å². The number of fused-ring (bicyclic) bond motifs is 1. The molecule has 0 aliphatic rings. The standard InChI is InChI=1S/C19H16FN3O/c1-23-17-5-3-2-4-16(17)22-19(23)15(12-21)18(24)11-8-13-6-9-14(20)10-7-13/h2-7,9-10,15H,8,11H2,1H3. The lowest BCUT2D eigenvalue weighted by atomic mass is 9.98. The molecule has 0 amide bonds. The number of aryl methyl sites for hydroxylation is 2. The van der Waals surface area contributed by atoms with Crippen molar-refractivity contribution >= 4 is 16.8 Å². The summed E-state index contributed by atoms with van der Waals surface area (Å²) in [6, 6.07) is 15.6. The Balaban J connectivity index is 1.80. The van der Waals surface area contributed by atoms with Crippen LogP contribution >= 0.6 is 0 Å². The number of hydrogen-bond donors (Lipinski definition) is 0. The van der Waals surface area contributed by atoms with Crippen molar-refractivity contribution < 1.29 is 9.18 Å². The SMILES string of the molecule is Cn1c(C(C#N)C(=O)CCc2ccc(F)cc2)nc2ccccc21. The second kappa shape index (κ2) is 6.63. The number of nitriles is 1. The van der Waals surface area contributed by atoms with Crippen molar-refractivity contribution in [2.75, 3.05) is 0 Å². The summed E-state index contributed by atoms with van der Waals surface area (Å²) in [5.41, 5.74) is 2.52. The number of halogens is 1. The van der Waals surface area contributed by atoms with Gasteiger partial charge >= 0.3 is 0 Å². The predicted octanol–water partition coefficient (Wildman–Crippen LogP) is 3.52. The van der Waals surface area contributed by atoms with Crippen molar-refractivity contribution in [3.8, 4) is 6.07 Å². The van der Waals surface area contributed by atoms with Crippen LogP contribution in [-0.2, 0) is 18.3 Å². The molecule has 1 atom stereocenters. The van der Waals surface area contributed by atoms with E-state index in [1.807, 2.05) is 31.3 Å². The molecular formula is C19H16FN3O. The predicted molar refractivity (Wildman–Crippen MR) is 88.8 cm³/mol. The van der Waals surface area contributed by atoms with Crippen molar-refractivity contribution in [2.45, 2.75) is 18.8 Å². The van der Waals surface area contributed by atoms with Gasteiger partial charge in [-0.1, -0.05) is 24.3 Å². The maximum atomic E-state index is 12.9. The first-order chi connectivity index (χ1) is 11.6. The van der Waals surface area contributed by atoms with Gasteiger partial charge in [0.05, 0.1) is 17.1 Å². The fraction of sp³-hybridized carbons (Fsp3) is 0.211. The zero-order chi connectivity index (χ0) is 17.1. The van der Waals surface area contributed by atoms with Crippen molar-refractivity contribution in [2.24, 2.45) is 7.05 Å². The number of rotatable bonds is 5. The third kappa shape index (κ3) is 3.04. The van der Waals surface area contributed by atoms with E-state index in [1.54, 1.807) is 16.7 Å². The molecule has 0 aliphatic heterocycles. The number of hydrogen-bond acceptors (Lipinski definition) is 3. The number of para-hydroxylation sites is 2. The highest BCUT2D eigenvalue weighted by atomic mass is 19.1. The number of aromatic nitrogens is 2. The van der Waals surface area contributed by atoms with Crippen LogP contribution in [0.5, 0.6) is 0 Å². The fourth-order valence-electron chi connectivity index (χ4n) is 2.76. The number of carbonyl (C=O) groups is 1. The summed E-state index contributed by atoms with van der Waals surface area (Å²) in [5.74, 6) is -0.925. The van der Waals surface area contributed by atoms with Gasteiger partial charge in [0.25, 0.3) is 0 Å². The van der Waals surface area contributed by atoms with Crippen LogP contribution in [0.25, 0.3) is 11.0 Å². The van der Waals surface area contributed by atoms with Crippen LogP contribution in [0.3, 0.4) is 0 Å². The van der Waals surface area contributed by atoms with Crippen LogP contribution in [0.1, 0.15) is 23.7 Å². The summed E-state index contributed by atoms with van der Waals surface area (Å²) in [7, 11) is 1.81. The lowest BCUT2D eigenvalue weighted by molar-refractivity contribution is -0.119. The van der Waals surface area contributed by atoms with Gasteiger partial charge < -0.3 is 4.57 Å². The smallest absolute Gasteiger partial charge is 0.162 e. The molecule has 0 spiro atoms. The lowest BCUT2D eigenvalue weighted by Gasteiger charge is -2.08. The highest BCUT2D eigenvalue weighted by molar-refractivity contribution is 5.89. The van der Waals surface area contributed by atoms with Gasteiger partial charge in [0.2, 0.25) is 0 Å². The largest absolute Gasteiger partial charge is 0.330 e. The molecule has 0 saturated carbocycles. The molecule has 0 N–H and O–H groups in total. The van der Waals surface area contributed by atoms with Gasteiger partial charge in [-0.2, -0.15) is 5.26 Å². The maximum Gasteiger partial charge on any atom is 0.162 e. The molecule has 2 aromatic carbocycles. The van der Waals surface area contributed by atoms with Crippen LogP contribution in [-0.4, -0.2) is 15.3 Å². The monoisotopic (exact) mass is 321 g/mol. The quantitative estimate of drug-likeness (QED) is 0.722. The van der Waals surface area contributed by atoms with Crippen molar-refractivity contribution in [3.63, 3.8) is 0 Å². The summed E-state index contributed by atoms with van der Waals surface area (Å²) in [6.45, 7) is 0. The molecule has 1 heterocycles. The van der Waals surface area contributed by atoms with Crippen LogP contribution in [0.4, 0.5) is 4.39 Å². The Labute approximate surface area is 139 Å². The second-order valence-electron chi connectivity index (χ2n) is 5.67. The number of benzene rings is 2. The minimum Gasteiger partial charge on any atom is -0.330 e. The first-order valence-electron chi connectivity index (χ1n) is 7.68. The second-order valence-corrected chi connectivity index (χ2v) is 5.67.